The molecule has 5 heteroatoms. The number of unbranched alkanes of at least 4 members (excludes halogenated alkanes) is 2. The monoisotopic (exact) mass is 274 g/mol. The third-order valence-corrected chi connectivity index (χ3v) is 5.97. The van der Waals surface area contributed by atoms with Gasteiger partial charge in [0.05, 0.1) is 4.90 Å². The maximum absolute atomic E-state index is 11.9. The van der Waals surface area contributed by atoms with Gasteiger partial charge < -0.3 is 5.11 Å². The molecule has 1 aromatic carbocycles. The standard InChI is InChI=1S/C12H18O3S2/c1-11-5-7-12(8-6-11)17(14,15)16-10-4-2-3-9-13/h5-8,13H,2-4,9-10H2,1H3. The van der Waals surface area contributed by atoms with Crippen molar-refractivity contribution in [2.45, 2.75) is 31.1 Å². The van der Waals surface area contributed by atoms with E-state index in [-0.39, 0.29) is 6.61 Å². The summed E-state index contributed by atoms with van der Waals surface area (Å²) in [7, 11) is -2.23. The molecule has 3 nitrogen and oxygen atoms in total. The fourth-order valence-electron chi connectivity index (χ4n) is 1.33. The van der Waals surface area contributed by atoms with E-state index < -0.39 is 8.87 Å². The normalized spacial score (nSPS) is 11.6. The van der Waals surface area contributed by atoms with Crippen LogP contribution in [-0.2, 0) is 8.87 Å². The van der Waals surface area contributed by atoms with E-state index in [0.717, 1.165) is 35.6 Å². The van der Waals surface area contributed by atoms with Crippen LogP contribution in [0.15, 0.2) is 29.2 Å². The van der Waals surface area contributed by atoms with Crippen molar-refractivity contribution in [1.29, 1.82) is 0 Å². The Morgan fingerprint density at radius 2 is 1.76 bits per heavy atom. The van der Waals surface area contributed by atoms with E-state index in [9.17, 15) is 8.42 Å². The van der Waals surface area contributed by atoms with Crippen molar-refractivity contribution < 1.29 is 13.5 Å². The van der Waals surface area contributed by atoms with E-state index in [0.29, 0.717) is 10.6 Å². The number of aliphatic hydroxyl groups excluding tert-OH is 1. The minimum absolute atomic E-state index is 0.176. The van der Waals surface area contributed by atoms with Crippen molar-refractivity contribution in [3.8, 4) is 0 Å². The summed E-state index contributed by atoms with van der Waals surface area (Å²) in [5, 5.41) is 8.60. The number of rotatable bonds is 7. The predicted octanol–water partition coefficient (Wildman–Crippen LogP) is 2.58. The minimum Gasteiger partial charge on any atom is -0.396 e. The molecule has 0 radical (unpaired) electrons. The van der Waals surface area contributed by atoms with Crippen LogP contribution in [0.4, 0.5) is 0 Å². The largest absolute Gasteiger partial charge is 0.396 e. The summed E-state index contributed by atoms with van der Waals surface area (Å²) in [6.45, 7) is 2.10. The Kier molecular flexibility index (Phi) is 6.02. The quantitative estimate of drug-likeness (QED) is 0.613. The molecule has 0 amide bonds. The molecule has 0 aromatic heterocycles. The lowest BCUT2D eigenvalue weighted by Gasteiger charge is -2.04. The highest BCUT2D eigenvalue weighted by Crippen LogP contribution is 2.24. The highest BCUT2D eigenvalue weighted by molar-refractivity contribution is 8.72. The first-order valence-corrected chi connectivity index (χ1v) is 8.62. The van der Waals surface area contributed by atoms with Gasteiger partial charge in [0.15, 0.2) is 0 Å². The van der Waals surface area contributed by atoms with Crippen molar-refractivity contribution in [3.05, 3.63) is 29.8 Å². The lowest BCUT2D eigenvalue weighted by Crippen LogP contribution is -1.97. The van der Waals surface area contributed by atoms with Crippen molar-refractivity contribution in [3.63, 3.8) is 0 Å². The van der Waals surface area contributed by atoms with Gasteiger partial charge in [0.2, 0.25) is 8.87 Å². The minimum atomic E-state index is -3.21. The molecule has 0 unspecified atom stereocenters. The van der Waals surface area contributed by atoms with Crippen LogP contribution in [0.25, 0.3) is 0 Å². The van der Waals surface area contributed by atoms with Crippen molar-refractivity contribution in [2.75, 3.05) is 12.4 Å². The topological polar surface area (TPSA) is 54.4 Å². The molecule has 96 valence electrons. The molecule has 0 heterocycles. The molecule has 17 heavy (non-hydrogen) atoms. The van der Waals surface area contributed by atoms with Gasteiger partial charge >= 0.3 is 0 Å². The van der Waals surface area contributed by atoms with Crippen molar-refractivity contribution in [1.82, 2.24) is 0 Å². The maximum atomic E-state index is 11.9. The first kappa shape index (κ1) is 14.5. The Bertz CT molecular complexity index is 424. The second-order valence-corrected chi connectivity index (χ2v) is 7.92. The SMILES string of the molecule is Cc1ccc(S(=O)(=O)SCCCCCO)cc1. The van der Waals surface area contributed by atoms with Crippen LogP contribution in [0.5, 0.6) is 0 Å². The number of aryl methyl sites for hydroxylation is 1. The Morgan fingerprint density at radius 1 is 1.12 bits per heavy atom. The van der Waals surface area contributed by atoms with E-state index >= 15 is 0 Å². The zero-order valence-corrected chi connectivity index (χ0v) is 11.6. The van der Waals surface area contributed by atoms with Crippen molar-refractivity contribution >= 4 is 19.7 Å². The molecule has 1 N–H and O–H groups in total. The average molecular weight is 274 g/mol. The molecular weight excluding hydrogens is 256 g/mol. The zero-order chi connectivity index (χ0) is 12.7. The summed E-state index contributed by atoms with van der Waals surface area (Å²) in [5.41, 5.74) is 1.05. The average Bonchev–Trinajstić information content (AvgIpc) is 2.29. The van der Waals surface area contributed by atoms with Gasteiger partial charge in [-0.3, -0.25) is 0 Å². The van der Waals surface area contributed by atoms with Gasteiger partial charge in [0.25, 0.3) is 0 Å². The summed E-state index contributed by atoms with van der Waals surface area (Å²) in [5.74, 6) is 0.580. The molecule has 0 atom stereocenters. The van der Waals surface area contributed by atoms with Crippen LogP contribution in [-0.4, -0.2) is 25.9 Å². The van der Waals surface area contributed by atoms with Crippen LogP contribution < -0.4 is 0 Å². The number of hydrogen-bond acceptors (Lipinski definition) is 4. The first-order valence-electron chi connectivity index (χ1n) is 5.63. The molecule has 1 aromatic rings. The van der Waals surface area contributed by atoms with Crippen LogP contribution in [0.2, 0.25) is 0 Å². The van der Waals surface area contributed by atoms with Gasteiger partial charge in [-0.05, 0) is 42.7 Å². The van der Waals surface area contributed by atoms with Crippen LogP contribution >= 0.6 is 10.8 Å². The van der Waals surface area contributed by atoms with Crippen LogP contribution in [0.1, 0.15) is 24.8 Å². The summed E-state index contributed by atoms with van der Waals surface area (Å²) in [4.78, 5) is 0.371. The Morgan fingerprint density at radius 3 is 2.35 bits per heavy atom. The lowest BCUT2D eigenvalue weighted by atomic mass is 10.2. The molecule has 0 spiro atoms. The summed E-state index contributed by atoms with van der Waals surface area (Å²) in [6, 6.07) is 6.90. The number of aliphatic hydroxyl groups is 1. The summed E-state index contributed by atoms with van der Waals surface area (Å²) >= 11 is 0. The highest BCUT2D eigenvalue weighted by atomic mass is 33.1. The van der Waals surface area contributed by atoms with E-state index in [4.69, 9.17) is 5.11 Å². The van der Waals surface area contributed by atoms with Gasteiger partial charge in [0.1, 0.15) is 0 Å². The molecule has 1 rings (SSSR count). The van der Waals surface area contributed by atoms with Gasteiger partial charge in [-0.15, -0.1) is 0 Å². The molecule has 0 bridgehead atoms. The van der Waals surface area contributed by atoms with Gasteiger partial charge in [-0.25, -0.2) is 8.42 Å². The van der Waals surface area contributed by atoms with Gasteiger partial charge in [-0.1, -0.05) is 24.1 Å². The van der Waals surface area contributed by atoms with Gasteiger partial charge in [0, 0.05) is 12.4 Å². The Hall–Kier alpha value is -0.520. The molecular formula is C12H18O3S2. The maximum Gasteiger partial charge on any atom is 0.229 e. The van der Waals surface area contributed by atoms with E-state index in [1.807, 2.05) is 6.92 Å². The van der Waals surface area contributed by atoms with Crippen LogP contribution in [0, 0.1) is 6.92 Å². The van der Waals surface area contributed by atoms with Gasteiger partial charge in [-0.2, -0.15) is 0 Å². The molecule has 0 aliphatic heterocycles. The third-order valence-electron chi connectivity index (χ3n) is 2.35. The fraction of sp³-hybridized carbons (Fsp3) is 0.500. The third kappa shape index (κ3) is 5.10. The highest BCUT2D eigenvalue weighted by Gasteiger charge is 2.14. The summed E-state index contributed by atoms with van der Waals surface area (Å²) in [6.07, 6.45) is 2.42. The van der Waals surface area contributed by atoms with E-state index in [1.165, 1.54) is 0 Å². The van der Waals surface area contributed by atoms with E-state index in [1.54, 1.807) is 24.3 Å². The lowest BCUT2D eigenvalue weighted by molar-refractivity contribution is 0.284. The predicted molar refractivity (Wildman–Crippen MR) is 71.8 cm³/mol. The molecule has 0 saturated carbocycles. The Balaban J connectivity index is 2.48. The molecule has 0 aliphatic carbocycles. The van der Waals surface area contributed by atoms with E-state index in [2.05, 4.69) is 0 Å². The zero-order valence-electron chi connectivity index (χ0n) is 9.93. The van der Waals surface area contributed by atoms with Crippen molar-refractivity contribution in [2.24, 2.45) is 0 Å². The first-order chi connectivity index (χ1) is 8.06. The molecule has 0 fully saturated rings. The number of benzene rings is 1. The number of hydrogen-bond donors (Lipinski definition) is 1. The smallest absolute Gasteiger partial charge is 0.229 e. The molecule has 0 aliphatic rings. The summed E-state index contributed by atoms with van der Waals surface area (Å²) < 4.78 is 23.8. The Labute approximate surface area is 107 Å². The molecule has 0 saturated heterocycles. The van der Waals surface area contributed by atoms with Crippen LogP contribution in [0.3, 0.4) is 0 Å². The fourth-order valence-corrected chi connectivity index (χ4v) is 4.23. The second-order valence-electron chi connectivity index (χ2n) is 3.87. The second kappa shape index (κ2) is 7.03.